The first-order valence-electron chi connectivity index (χ1n) is 14.4. The highest BCUT2D eigenvalue weighted by Gasteiger charge is 2.32. The quantitative estimate of drug-likeness (QED) is 0.360. The molecular formula is C32H38N4O7. The SMILES string of the molecule is CCOC(=O)N1CCN(C(=O)C(CCC(=O)OC(C)(C)C)NC(=O)c2cc(-c3ccoc3)cc(-c3ccccc3)n2)CC1. The van der Waals surface area contributed by atoms with Crippen molar-refractivity contribution in [3.05, 3.63) is 66.8 Å². The van der Waals surface area contributed by atoms with Crippen LogP contribution in [0.3, 0.4) is 0 Å². The molecule has 1 N–H and O–H groups in total. The number of nitrogens with one attached hydrogen (secondary N) is 1. The molecule has 2 aromatic heterocycles. The highest BCUT2D eigenvalue weighted by Crippen LogP contribution is 2.26. The zero-order chi connectivity index (χ0) is 31.0. The molecule has 3 amide bonds. The molecule has 43 heavy (non-hydrogen) atoms. The van der Waals surface area contributed by atoms with Crippen molar-refractivity contribution in [3.63, 3.8) is 0 Å². The van der Waals surface area contributed by atoms with Crippen LogP contribution < -0.4 is 5.32 Å². The fourth-order valence-electron chi connectivity index (χ4n) is 4.69. The Bertz CT molecular complexity index is 1410. The molecule has 1 aliphatic rings. The summed E-state index contributed by atoms with van der Waals surface area (Å²) >= 11 is 0. The maximum atomic E-state index is 13.7. The van der Waals surface area contributed by atoms with Gasteiger partial charge >= 0.3 is 12.1 Å². The first-order chi connectivity index (χ1) is 20.5. The van der Waals surface area contributed by atoms with E-state index in [0.29, 0.717) is 18.8 Å². The standard InChI is InChI=1S/C32H38N4O7/c1-5-42-31(40)36-16-14-35(15-17-36)30(39)25(11-12-28(37)43-32(2,3)4)34-29(38)27-20-24(23-13-18-41-21-23)19-26(33-27)22-9-7-6-8-10-22/h6-10,13,18-21,25H,5,11-12,14-17H2,1-4H3,(H,34,38). The van der Waals surface area contributed by atoms with Crippen LogP contribution in [0, 0.1) is 0 Å². The largest absolute Gasteiger partial charge is 0.472 e. The molecule has 0 aliphatic carbocycles. The molecule has 228 valence electrons. The number of carbonyl (C=O) groups excluding carboxylic acids is 4. The lowest BCUT2D eigenvalue weighted by atomic mass is 10.0. The average molecular weight is 591 g/mol. The Balaban J connectivity index is 1.56. The van der Waals surface area contributed by atoms with E-state index in [-0.39, 0.29) is 44.1 Å². The van der Waals surface area contributed by atoms with E-state index >= 15 is 0 Å². The summed E-state index contributed by atoms with van der Waals surface area (Å²) in [4.78, 5) is 59.8. The Hall–Kier alpha value is -4.67. The van der Waals surface area contributed by atoms with Crippen molar-refractivity contribution in [1.82, 2.24) is 20.1 Å². The molecule has 1 atom stereocenters. The topological polar surface area (TPSA) is 131 Å². The number of pyridine rings is 1. The highest BCUT2D eigenvalue weighted by molar-refractivity contribution is 5.97. The molecule has 1 aromatic carbocycles. The highest BCUT2D eigenvalue weighted by atomic mass is 16.6. The minimum atomic E-state index is -1.02. The lowest BCUT2D eigenvalue weighted by Gasteiger charge is -2.36. The number of benzene rings is 1. The smallest absolute Gasteiger partial charge is 0.409 e. The van der Waals surface area contributed by atoms with Crippen molar-refractivity contribution in [2.45, 2.75) is 52.2 Å². The number of nitrogens with zero attached hydrogens (tertiary/aromatic N) is 3. The predicted octanol–water partition coefficient (Wildman–Crippen LogP) is 4.53. The summed E-state index contributed by atoms with van der Waals surface area (Å²) in [6.07, 6.45) is 2.65. The fourth-order valence-corrected chi connectivity index (χ4v) is 4.69. The number of hydrogen-bond acceptors (Lipinski definition) is 8. The van der Waals surface area contributed by atoms with Crippen LogP contribution in [-0.4, -0.2) is 83.1 Å². The molecule has 11 nitrogen and oxygen atoms in total. The lowest BCUT2D eigenvalue weighted by molar-refractivity contribution is -0.155. The molecule has 11 heteroatoms. The Morgan fingerprint density at radius 3 is 2.28 bits per heavy atom. The molecule has 1 aliphatic heterocycles. The van der Waals surface area contributed by atoms with Gasteiger partial charge in [0.05, 0.1) is 24.8 Å². The van der Waals surface area contributed by atoms with E-state index in [0.717, 1.165) is 16.7 Å². The molecule has 1 fully saturated rings. The summed E-state index contributed by atoms with van der Waals surface area (Å²) < 4.78 is 15.8. The Morgan fingerprint density at radius 1 is 0.953 bits per heavy atom. The van der Waals surface area contributed by atoms with Gasteiger partial charge in [0.1, 0.15) is 17.3 Å². The maximum Gasteiger partial charge on any atom is 0.409 e. The van der Waals surface area contributed by atoms with Gasteiger partial charge in [-0.05, 0) is 57.9 Å². The first kappa shape index (κ1) is 31.3. The number of furan rings is 1. The normalized spacial score (nSPS) is 14.1. The lowest BCUT2D eigenvalue weighted by Crippen LogP contribution is -2.56. The van der Waals surface area contributed by atoms with Gasteiger partial charge < -0.3 is 29.0 Å². The molecule has 0 spiro atoms. The van der Waals surface area contributed by atoms with Gasteiger partial charge in [0.25, 0.3) is 5.91 Å². The summed E-state index contributed by atoms with van der Waals surface area (Å²) in [7, 11) is 0. The number of ether oxygens (including phenoxy) is 2. The fraction of sp³-hybridized carbons (Fsp3) is 0.406. The number of aromatic nitrogens is 1. The summed E-state index contributed by atoms with van der Waals surface area (Å²) in [5, 5.41) is 2.82. The van der Waals surface area contributed by atoms with Gasteiger partial charge in [-0.1, -0.05) is 30.3 Å². The number of amides is 3. The van der Waals surface area contributed by atoms with Crippen LogP contribution in [0.4, 0.5) is 4.79 Å². The molecule has 1 saturated heterocycles. The van der Waals surface area contributed by atoms with Crippen LogP contribution >= 0.6 is 0 Å². The van der Waals surface area contributed by atoms with Crippen LogP contribution in [0.1, 0.15) is 51.0 Å². The van der Waals surface area contributed by atoms with E-state index in [4.69, 9.17) is 13.9 Å². The van der Waals surface area contributed by atoms with Crippen molar-refractivity contribution in [1.29, 1.82) is 0 Å². The maximum absolute atomic E-state index is 13.7. The van der Waals surface area contributed by atoms with Crippen molar-refractivity contribution < 1.29 is 33.1 Å². The van der Waals surface area contributed by atoms with E-state index in [2.05, 4.69) is 10.3 Å². The van der Waals surface area contributed by atoms with Crippen molar-refractivity contribution in [2.75, 3.05) is 32.8 Å². The van der Waals surface area contributed by atoms with E-state index in [1.807, 2.05) is 36.4 Å². The average Bonchev–Trinajstić information content (AvgIpc) is 3.54. The molecule has 3 heterocycles. The monoisotopic (exact) mass is 590 g/mol. The molecule has 0 saturated carbocycles. The van der Waals surface area contributed by atoms with Crippen LogP contribution in [0.15, 0.2) is 65.5 Å². The van der Waals surface area contributed by atoms with Gasteiger partial charge in [0.15, 0.2) is 0 Å². The summed E-state index contributed by atoms with van der Waals surface area (Å²) in [6.45, 7) is 8.42. The zero-order valence-electron chi connectivity index (χ0n) is 25.0. The van der Waals surface area contributed by atoms with Crippen LogP contribution in [0.2, 0.25) is 0 Å². The Morgan fingerprint density at radius 2 is 1.65 bits per heavy atom. The summed E-state index contributed by atoms with van der Waals surface area (Å²) in [6, 6.07) is 13.7. The second-order valence-corrected chi connectivity index (χ2v) is 11.2. The van der Waals surface area contributed by atoms with Crippen LogP contribution in [0.25, 0.3) is 22.4 Å². The predicted molar refractivity (Wildman–Crippen MR) is 159 cm³/mol. The Kier molecular flexibility index (Phi) is 10.2. The summed E-state index contributed by atoms with van der Waals surface area (Å²) in [5.74, 6) is -1.39. The number of piperazine rings is 1. The van der Waals surface area contributed by atoms with E-state index in [1.54, 1.807) is 57.3 Å². The molecule has 4 rings (SSSR count). The molecule has 3 aromatic rings. The number of hydrogen-bond donors (Lipinski definition) is 1. The molecular weight excluding hydrogens is 552 g/mol. The molecule has 0 bridgehead atoms. The van der Waals surface area contributed by atoms with Crippen LogP contribution in [-0.2, 0) is 19.1 Å². The number of esters is 1. The molecule has 0 radical (unpaired) electrons. The Labute approximate surface area is 251 Å². The zero-order valence-corrected chi connectivity index (χ0v) is 25.0. The van der Waals surface area contributed by atoms with E-state index in [1.165, 1.54) is 4.90 Å². The van der Waals surface area contributed by atoms with Crippen molar-refractivity contribution in [3.8, 4) is 22.4 Å². The minimum absolute atomic E-state index is 0.0323. The van der Waals surface area contributed by atoms with E-state index < -0.39 is 29.6 Å². The van der Waals surface area contributed by atoms with Gasteiger partial charge in [-0.25, -0.2) is 9.78 Å². The first-order valence-corrected chi connectivity index (χ1v) is 14.4. The van der Waals surface area contributed by atoms with Gasteiger partial charge in [-0.2, -0.15) is 0 Å². The van der Waals surface area contributed by atoms with Crippen LogP contribution in [0.5, 0.6) is 0 Å². The second kappa shape index (κ2) is 14.0. The van der Waals surface area contributed by atoms with Crippen molar-refractivity contribution in [2.24, 2.45) is 0 Å². The third-order valence-corrected chi connectivity index (χ3v) is 6.76. The second-order valence-electron chi connectivity index (χ2n) is 11.2. The summed E-state index contributed by atoms with van der Waals surface area (Å²) in [5.41, 5.74) is 2.31. The van der Waals surface area contributed by atoms with E-state index in [9.17, 15) is 19.2 Å². The third-order valence-electron chi connectivity index (χ3n) is 6.76. The third kappa shape index (κ3) is 8.67. The van der Waals surface area contributed by atoms with Gasteiger partial charge in [-0.3, -0.25) is 14.4 Å². The molecule has 1 unspecified atom stereocenters. The minimum Gasteiger partial charge on any atom is -0.472 e. The number of rotatable bonds is 9. The van der Waals surface area contributed by atoms with Gasteiger partial charge in [0, 0.05) is 43.7 Å². The van der Waals surface area contributed by atoms with Crippen molar-refractivity contribution >= 4 is 23.9 Å². The van der Waals surface area contributed by atoms with Gasteiger partial charge in [-0.15, -0.1) is 0 Å². The number of carbonyl (C=O) groups is 4. The van der Waals surface area contributed by atoms with Gasteiger partial charge in [0.2, 0.25) is 5.91 Å².